The number of aliphatic hydroxyl groups excluding tert-OH is 4. The number of carbonyl (C=O) groups excluding carboxylic acids is 3. The summed E-state index contributed by atoms with van der Waals surface area (Å²) in [6, 6.07) is 1.23. The lowest BCUT2D eigenvalue weighted by atomic mass is 9.83. The number of esters is 2. The maximum Gasteiger partial charge on any atom is 0.481 e. The number of rotatable bonds is 18. The second-order valence-electron chi connectivity index (χ2n) is 17.9. The zero-order valence-electron chi connectivity index (χ0n) is 39.1. The highest BCUT2D eigenvalue weighted by Crippen LogP contribution is 2.60. The number of aliphatic hydroxyl groups is 4. The summed E-state index contributed by atoms with van der Waals surface area (Å²) in [5.41, 5.74) is 4.74. The van der Waals surface area contributed by atoms with Gasteiger partial charge >= 0.3 is 33.3 Å². The molecule has 0 aliphatic carbocycles. The monoisotopic (exact) mass is 995 g/mol. The van der Waals surface area contributed by atoms with Crippen molar-refractivity contribution in [1.29, 1.82) is 0 Å². The van der Waals surface area contributed by atoms with Gasteiger partial charge in [0.25, 0.3) is 0 Å². The van der Waals surface area contributed by atoms with Crippen LogP contribution in [0.25, 0.3) is 0 Å². The molecule has 67 heavy (non-hydrogen) atoms. The number of nitrogen functional groups attached to an aromatic ring is 1. The zero-order chi connectivity index (χ0) is 49.6. The van der Waals surface area contributed by atoms with Crippen LogP contribution in [0, 0.1) is 17.8 Å². The number of fused-ring (bicyclic) bond motifs is 3. The number of ether oxygens (including phenoxy) is 3. The topological polar surface area (TPSA) is 323 Å². The summed E-state index contributed by atoms with van der Waals surface area (Å²) in [5, 5.41) is 45.4. The number of carbonyl (C=O) groups is 3. The van der Waals surface area contributed by atoms with Crippen LogP contribution in [-0.2, 0) is 51.1 Å². The van der Waals surface area contributed by atoms with Crippen molar-refractivity contribution in [2.24, 2.45) is 17.8 Å². The van der Waals surface area contributed by atoms with Crippen molar-refractivity contribution in [2.45, 2.75) is 186 Å². The number of nitrogens with two attached hydrogens (primary N) is 1. The smallest absolute Gasteiger partial charge is 0.462 e. The van der Waals surface area contributed by atoms with E-state index in [1.807, 2.05) is 6.92 Å². The van der Waals surface area contributed by atoms with E-state index in [2.05, 4.69) is 23.1 Å². The molecule has 1 aromatic heterocycles. The number of nitrogens with zero attached hydrogens (tertiary/aromatic N) is 2. The number of phosphoric acid groups is 2. The van der Waals surface area contributed by atoms with E-state index in [0.717, 1.165) is 49.5 Å². The third-order valence-corrected chi connectivity index (χ3v) is 14.3. The van der Waals surface area contributed by atoms with Crippen LogP contribution in [0.4, 0.5) is 5.82 Å². The summed E-state index contributed by atoms with van der Waals surface area (Å²) in [6.07, 6.45) is 2.15. The van der Waals surface area contributed by atoms with E-state index in [-0.39, 0.29) is 31.5 Å². The maximum absolute atomic E-state index is 14.3. The van der Waals surface area contributed by atoms with Gasteiger partial charge in [-0.25, -0.2) is 13.9 Å². The summed E-state index contributed by atoms with van der Waals surface area (Å²) < 4.78 is 58.6. The molecule has 3 heterocycles. The van der Waals surface area contributed by atoms with Gasteiger partial charge in [-0.15, -0.1) is 0 Å². The first kappa shape index (κ1) is 58.4. The van der Waals surface area contributed by atoms with Gasteiger partial charge in [-0.1, -0.05) is 110 Å². The summed E-state index contributed by atoms with van der Waals surface area (Å²) in [7, 11) is -11.3. The Morgan fingerprint density at radius 2 is 1.58 bits per heavy atom. The van der Waals surface area contributed by atoms with Crippen LogP contribution in [0.3, 0.4) is 0 Å². The molecule has 2 saturated heterocycles. The van der Waals surface area contributed by atoms with Gasteiger partial charge in [0.1, 0.15) is 36.6 Å². The first-order valence-corrected chi connectivity index (χ1v) is 26.7. The van der Waals surface area contributed by atoms with E-state index in [1.54, 1.807) is 0 Å². The minimum Gasteiger partial charge on any atom is -0.462 e. The Balaban J connectivity index is 1.90. The van der Waals surface area contributed by atoms with E-state index < -0.39 is 120 Å². The van der Waals surface area contributed by atoms with Crippen LogP contribution >= 0.6 is 15.6 Å². The second-order valence-corrected chi connectivity index (χ2v) is 20.9. The van der Waals surface area contributed by atoms with Crippen LogP contribution in [0.2, 0.25) is 0 Å². The van der Waals surface area contributed by atoms with Gasteiger partial charge in [-0.3, -0.25) is 28.0 Å². The number of unbranched alkanes of at least 4 members (excludes halogenated alkanes) is 7. The molecule has 1 aromatic rings. The molecular weight excluding hydrogens is 920 g/mol. The lowest BCUT2D eigenvalue weighted by molar-refractivity contribution is -0.184. The van der Waals surface area contributed by atoms with E-state index in [0.29, 0.717) is 44.4 Å². The van der Waals surface area contributed by atoms with Crippen molar-refractivity contribution in [3.8, 4) is 0 Å². The normalized spacial score (nSPS) is 30.8. The summed E-state index contributed by atoms with van der Waals surface area (Å²) in [5.74, 6) is -4.27. The maximum atomic E-state index is 14.3. The highest BCUT2D eigenvalue weighted by atomic mass is 31.3. The highest BCUT2D eigenvalue weighted by Gasteiger charge is 2.45. The van der Waals surface area contributed by atoms with Crippen molar-refractivity contribution in [2.75, 3.05) is 25.6 Å². The first-order chi connectivity index (χ1) is 31.7. The Bertz CT molecular complexity index is 1850. The largest absolute Gasteiger partial charge is 0.481 e. The van der Waals surface area contributed by atoms with Crippen molar-refractivity contribution >= 4 is 39.2 Å². The van der Waals surface area contributed by atoms with Crippen LogP contribution in [0.5, 0.6) is 0 Å². The van der Waals surface area contributed by atoms with Crippen LogP contribution in [0.1, 0.15) is 149 Å². The molecule has 0 amide bonds. The van der Waals surface area contributed by atoms with E-state index >= 15 is 0 Å². The Kier molecular flexibility index (Phi) is 26.1. The Morgan fingerprint density at radius 1 is 0.925 bits per heavy atom. The predicted molar refractivity (Wildman–Crippen MR) is 244 cm³/mol. The summed E-state index contributed by atoms with van der Waals surface area (Å²) >= 11 is 0. The van der Waals surface area contributed by atoms with Gasteiger partial charge in [0.05, 0.1) is 37.4 Å². The average Bonchev–Trinajstić information content (AvgIpc) is 3.24. The Labute approximate surface area is 393 Å². The summed E-state index contributed by atoms with van der Waals surface area (Å²) in [4.78, 5) is 78.0. The number of anilines is 1. The average molecular weight is 996 g/mol. The standard InChI is InChI=1S/C44H75N3O18P2/c1-4-5-12-18-31(48)22-23-33-35(49)26-36(50)34-19-14-10-11-16-21-40(52)63-32(27-60-39(51)20-15-9-7-6-8-13-17-30(2)3)28-61-66(56,57)65-67(58,59)62-29-37(42(54)41(33)53)64-43(34)47-25-24-38(45)46-44(47)55/h22-25,30-35,37,41-43,48-49,53-54H,4-21,26-29H2,1-3H3,(H,56,57)(H,58,59)(H2,45,46,55)/b23-22-/t31-,32+,33-,34-,35+,37+,41-,42+,43+/m0/s1. The number of cyclic esters (lactones) is 1. The molecule has 11 atom stereocenters. The predicted octanol–water partition coefficient (Wildman–Crippen LogP) is 5.33. The Hall–Kier alpha value is -2.91. The fourth-order valence-corrected chi connectivity index (χ4v) is 9.97. The van der Waals surface area contributed by atoms with Gasteiger partial charge in [0, 0.05) is 31.4 Å². The molecular formula is C44H75N3O18P2. The van der Waals surface area contributed by atoms with Crippen molar-refractivity contribution in [3.05, 3.63) is 34.9 Å². The number of aromatic nitrogens is 2. The molecule has 0 radical (unpaired) electrons. The van der Waals surface area contributed by atoms with Gasteiger partial charge in [0.2, 0.25) is 0 Å². The molecule has 2 aliphatic rings. The van der Waals surface area contributed by atoms with Crippen LogP contribution in [0.15, 0.2) is 29.2 Å². The minimum atomic E-state index is -5.70. The lowest BCUT2D eigenvalue weighted by Crippen LogP contribution is -2.51. The second kappa shape index (κ2) is 30.0. The quantitative estimate of drug-likeness (QED) is 0.0423. The highest BCUT2D eigenvalue weighted by molar-refractivity contribution is 7.61. The van der Waals surface area contributed by atoms with Gasteiger partial charge in [-0.2, -0.15) is 9.29 Å². The third-order valence-electron chi connectivity index (χ3n) is 11.7. The van der Waals surface area contributed by atoms with Crippen molar-refractivity contribution in [3.63, 3.8) is 0 Å². The van der Waals surface area contributed by atoms with Gasteiger partial charge < -0.3 is 50.2 Å². The molecule has 2 fully saturated rings. The molecule has 0 saturated carbocycles. The van der Waals surface area contributed by atoms with E-state index in [9.17, 15) is 58.5 Å². The third kappa shape index (κ3) is 22.2. The van der Waals surface area contributed by atoms with Crippen LogP contribution < -0.4 is 11.4 Å². The number of hydrogen-bond acceptors (Lipinski definition) is 18. The molecule has 384 valence electrons. The van der Waals surface area contributed by atoms with Gasteiger partial charge in [-0.05, 0) is 37.7 Å². The Morgan fingerprint density at radius 3 is 2.27 bits per heavy atom. The molecule has 21 nitrogen and oxygen atoms in total. The number of phosphoric ester groups is 2. The zero-order valence-corrected chi connectivity index (χ0v) is 40.9. The van der Waals surface area contributed by atoms with Crippen LogP contribution in [-0.4, -0.2) is 114 Å². The molecule has 2 bridgehead atoms. The SMILES string of the molecule is CCCCC[C@H](O)/C=C\[C@@H]1[C@H](O)[C@H](O)[C@H]2COP(=O)(O)OP(=O)(O)OC[C@@H](COC(=O)CCCCCCCCC(C)C)OC(=O)CCCCCC[C@@H](C(=O)C[C@H]1O)[C@H](n1ccc(N)nc1=O)O2. The number of ketones is 1. The molecule has 0 spiro atoms. The van der Waals surface area contributed by atoms with Crippen molar-refractivity contribution in [1.82, 2.24) is 9.55 Å². The minimum absolute atomic E-state index is 0.00126. The lowest BCUT2D eigenvalue weighted by Gasteiger charge is -2.38. The molecule has 3 rings (SSSR count). The number of Topliss-reactive ketones (excluding diaryl/α,β-unsaturated/α-hetero) is 1. The molecule has 8 N–H and O–H groups in total. The fourth-order valence-electron chi connectivity index (χ4n) is 7.86. The van der Waals surface area contributed by atoms with Gasteiger partial charge in [0.15, 0.2) is 6.10 Å². The van der Waals surface area contributed by atoms with E-state index in [1.165, 1.54) is 30.8 Å². The fraction of sp³-hybridized carbons (Fsp3) is 0.795. The molecule has 23 heteroatoms. The molecule has 2 unspecified atom stereocenters. The molecule has 0 aromatic carbocycles. The first-order valence-electron chi connectivity index (χ1n) is 23.7. The van der Waals surface area contributed by atoms with E-state index in [4.69, 9.17) is 29.0 Å². The van der Waals surface area contributed by atoms with Crippen molar-refractivity contribution < 1.29 is 81.3 Å². The molecule has 2 aliphatic heterocycles. The summed E-state index contributed by atoms with van der Waals surface area (Å²) in [6.45, 7) is 3.64. The number of hydrogen-bond donors (Lipinski definition) is 7.